The predicted octanol–water partition coefficient (Wildman–Crippen LogP) is 1.81. The third-order valence-corrected chi connectivity index (χ3v) is 3.00. The SMILES string of the molecule is COc1ccc(C(C#N)NCCCN(C)C)cc1OC. The van der Waals surface area contributed by atoms with E-state index in [9.17, 15) is 5.26 Å². The van der Waals surface area contributed by atoms with Crippen LogP contribution in [0.3, 0.4) is 0 Å². The second-order valence-corrected chi connectivity index (χ2v) is 4.79. The van der Waals surface area contributed by atoms with E-state index in [0.29, 0.717) is 11.5 Å². The summed E-state index contributed by atoms with van der Waals surface area (Å²) in [5, 5.41) is 12.5. The third kappa shape index (κ3) is 4.72. The minimum absolute atomic E-state index is 0.336. The third-order valence-electron chi connectivity index (χ3n) is 3.00. The Morgan fingerprint density at radius 1 is 1.25 bits per heavy atom. The smallest absolute Gasteiger partial charge is 0.161 e. The van der Waals surface area contributed by atoms with E-state index in [0.717, 1.165) is 25.1 Å². The van der Waals surface area contributed by atoms with Crippen molar-refractivity contribution in [2.75, 3.05) is 41.4 Å². The van der Waals surface area contributed by atoms with Gasteiger partial charge in [0.25, 0.3) is 0 Å². The quantitative estimate of drug-likeness (QED) is 0.734. The molecule has 0 aliphatic carbocycles. The van der Waals surface area contributed by atoms with Crippen molar-refractivity contribution in [2.45, 2.75) is 12.5 Å². The van der Waals surface area contributed by atoms with E-state index in [1.807, 2.05) is 32.3 Å². The minimum Gasteiger partial charge on any atom is -0.493 e. The lowest BCUT2D eigenvalue weighted by Crippen LogP contribution is -2.24. The van der Waals surface area contributed by atoms with Crippen LogP contribution in [0.15, 0.2) is 18.2 Å². The van der Waals surface area contributed by atoms with Crippen molar-refractivity contribution in [3.63, 3.8) is 0 Å². The summed E-state index contributed by atoms with van der Waals surface area (Å²) in [6, 6.07) is 7.48. The molecular weight excluding hydrogens is 254 g/mol. The first-order valence-corrected chi connectivity index (χ1v) is 6.62. The summed E-state index contributed by atoms with van der Waals surface area (Å²) in [5.74, 6) is 1.31. The fraction of sp³-hybridized carbons (Fsp3) is 0.533. The monoisotopic (exact) mass is 277 g/mol. The lowest BCUT2D eigenvalue weighted by Gasteiger charge is -2.15. The number of nitriles is 1. The molecule has 1 unspecified atom stereocenters. The summed E-state index contributed by atoms with van der Waals surface area (Å²) in [6.07, 6.45) is 0.998. The van der Waals surface area contributed by atoms with Gasteiger partial charge in [0.1, 0.15) is 6.04 Å². The van der Waals surface area contributed by atoms with Gasteiger partial charge in [-0.2, -0.15) is 5.26 Å². The largest absolute Gasteiger partial charge is 0.493 e. The van der Waals surface area contributed by atoms with Gasteiger partial charge in [0.15, 0.2) is 11.5 Å². The van der Waals surface area contributed by atoms with Crippen molar-refractivity contribution >= 4 is 0 Å². The molecule has 0 aliphatic heterocycles. The second-order valence-electron chi connectivity index (χ2n) is 4.79. The number of methoxy groups -OCH3 is 2. The molecule has 0 spiro atoms. The molecule has 1 aromatic carbocycles. The van der Waals surface area contributed by atoms with Crippen LogP contribution in [0.25, 0.3) is 0 Å². The number of ether oxygens (including phenoxy) is 2. The number of hydrogen-bond acceptors (Lipinski definition) is 5. The number of hydrogen-bond donors (Lipinski definition) is 1. The Morgan fingerprint density at radius 3 is 2.50 bits per heavy atom. The van der Waals surface area contributed by atoms with Gasteiger partial charge in [0.05, 0.1) is 20.3 Å². The molecular formula is C15H23N3O2. The molecule has 0 bridgehead atoms. The van der Waals surface area contributed by atoms with Gasteiger partial charge in [-0.3, -0.25) is 5.32 Å². The molecule has 1 aromatic rings. The highest BCUT2D eigenvalue weighted by molar-refractivity contribution is 5.44. The number of rotatable bonds is 8. The minimum atomic E-state index is -0.336. The van der Waals surface area contributed by atoms with Crippen LogP contribution >= 0.6 is 0 Å². The van der Waals surface area contributed by atoms with Gasteiger partial charge in [-0.25, -0.2) is 0 Å². The van der Waals surface area contributed by atoms with Crippen molar-refractivity contribution in [3.05, 3.63) is 23.8 Å². The Labute approximate surface area is 121 Å². The van der Waals surface area contributed by atoms with E-state index < -0.39 is 0 Å². The molecule has 110 valence electrons. The molecule has 0 fully saturated rings. The standard InChI is InChI=1S/C15H23N3O2/c1-18(2)9-5-8-17-13(11-16)12-6-7-14(19-3)15(10-12)20-4/h6-7,10,13,17H,5,8-9H2,1-4H3. The van der Waals surface area contributed by atoms with Crippen LogP contribution in [0, 0.1) is 11.3 Å². The van der Waals surface area contributed by atoms with Crippen molar-refractivity contribution in [1.29, 1.82) is 5.26 Å². The molecule has 0 aromatic heterocycles. The molecule has 20 heavy (non-hydrogen) atoms. The van der Waals surface area contributed by atoms with Gasteiger partial charge >= 0.3 is 0 Å². The molecule has 0 heterocycles. The highest BCUT2D eigenvalue weighted by atomic mass is 16.5. The molecule has 5 nitrogen and oxygen atoms in total. The highest BCUT2D eigenvalue weighted by Gasteiger charge is 2.13. The molecule has 1 rings (SSSR count). The van der Waals surface area contributed by atoms with E-state index in [1.54, 1.807) is 14.2 Å². The molecule has 0 aliphatic rings. The molecule has 0 saturated heterocycles. The lowest BCUT2D eigenvalue weighted by molar-refractivity contribution is 0.354. The molecule has 0 amide bonds. The van der Waals surface area contributed by atoms with Crippen LogP contribution in [0.1, 0.15) is 18.0 Å². The topological polar surface area (TPSA) is 57.5 Å². The van der Waals surface area contributed by atoms with Crippen LogP contribution in [0.4, 0.5) is 0 Å². The van der Waals surface area contributed by atoms with Gasteiger partial charge < -0.3 is 14.4 Å². The summed E-state index contributed by atoms with van der Waals surface area (Å²) in [7, 11) is 7.26. The maximum atomic E-state index is 9.28. The first-order valence-electron chi connectivity index (χ1n) is 6.62. The molecule has 0 saturated carbocycles. The van der Waals surface area contributed by atoms with Crippen LogP contribution in [-0.4, -0.2) is 46.3 Å². The summed E-state index contributed by atoms with van der Waals surface area (Å²) in [5.41, 5.74) is 0.884. The fourth-order valence-electron chi connectivity index (χ4n) is 1.91. The maximum absolute atomic E-state index is 9.28. The van der Waals surface area contributed by atoms with Crippen LogP contribution in [-0.2, 0) is 0 Å². The van der Waals surface area contributed by atoms with Crippen LogP contribution in [0.5, 0.6) is 11.5 Å². The van der Waals surface area contributed by atoms with E-state index in [4.69, 9.17) is 9.47 Å². The summed E-state index contributed by atoms with van der Waals surface area (Å²) < 4.78 is 10.5. The van der Waals surface area contributed by atoms with E-state index in [-0.39, 0.29) is 6.04 Å². The predicted molar refractivity (Wildman–Crippen MR) is 79.1 cm³/mol. The Bertz CT molecular complexity index is 455. The highest BCUT2D eigenvalue weighted by Crippen LogP contribution is 2.29. The van der Waals surface area contributed by atoms with Crippen molar-refractivity contribution < 1.29 is 9.47 Å². The summed E-state index contributed by atoms with van der Waals surface area (Å²) >= 11 is 0. The Hall–Kier alpha value is -1.77. The van der Waals surface area contributed by atoms with Gasteiger partial charge in [0.2, 0.25) is 0 Å². The molecule has 1 atom stereocenters. The van der Waals surface area contributed by atoms with E-state index in [1.165, 1.54) is 0 Å². The van der Waals surface area contributed by atoms with Gasteiger partial charge in [0, 0.05) is 0 Å². The van der Waals surface area contributed by atoms with E-state index >= 15 is 0 Å². The van der Waals surface area contributed by atoms with Crippen LogP contribution < -0.4 is 14.8 Å². The fourth-order valence-corrected chi connectivity index (χ4v) is 1.91. The zero-order chi connectivity index (χ0) is 15.0. The van der Waals surface area contributed by atoms with E-state index in [2.05, 4.69) is 16.3 Å². The Kier molecular flexibility index (Phi) is 6.85. The first-order chi connectivity index (χ1) is 9.62. The average Bonchev–Trinajstić information content (AvgIpc) is 2.46. The normalized spacial score (nSPS) is 12.0. The molecule has 1 N–H and O–H groups in total. The summed E-state index contributed by atoms with van der Waals surface area (Å²) in [4.78, 5) is 2.12. The van der Waals surface area contributed by atoms with Gasteiger partial charge in [-0.1, -0.05) is 6.07 Å². The summed E-state index contributed by atoms with van der Waals surface area (Å²) in [6.45, 7) is 1.79. The molecule has 5 heteroatoms. The second kappa shape index (κ2) is 8.41. The maximum Gasteiger partial charge on any atom is 0.161 e. The number of benzene rings is 1. The molecule has 0 radical (unpaired) electrons. The van der Waals surface area contributed by atoms with Crippen molar-refractivity contribution in [1.82, 2.24) is 10.2 Å². The van der Waals surface area contributed by atoms with Gasteiger partial charge in [-0.05, 0) is 51.3 Å². The Balaban J connectivity index is 2.68. The van der Waals surface area contributed by atoms with Crippen LogP contribution in [0.2, 0.25) is 0 Å². The zero-order valence-electron chi connectivity index (χ0n) is 12.6. The van der Waals surface area contributed by atoms with Crippen molar-refractivity contribution in [2.24, 2.45) is 0 Å². The first kappa shape index (κ1) is 16.3. The van der Waals surface area contributed by atoms with Gasteiger partial charge in [-0.15, -0.1) is 0 Å². The number of nitrogens with zero attached hydrogens (tertiary/aromatic N) is 2. The number of nitrogens with one attached hydrogen (secondary N) is 1. The Morgan fingerprint density at radius 2 is 1.95 bits per heavy atom. The lowest BCUT2D eigenvalue weighted by atomic mass is 10.1. The zero-order valence-corrected chi connectivity index (χ0v) is 12.6. The van der Waals surface area contributed by atoms with Crippen molar-refractivity contribution in [3.8, 4) is 17.6 Å². The average molecular weight is 277 g/mol.